The number of nitrogens with one attached hydrogen (secondary N) is 1. The van der Waals surface area contributed by atoms with E-state index in [1.807, 2.05) is 0 Å². The molecule has 1 rings (SSSR count). The van der Waals surface area contributed by atoms with E-state index in [0.717, 1.165) is 0 Å². The molecule has 1 aromatic rings. The summed E-state index contributed by atoms with van der Waals surface area (Å²) in [6.45, 7) is 1.44. The van der Waals surface area contributed by atoms with Crippen molar-refractivity contribution in [2.45, 2.75) is 6.92 Å². The highest BCUT2D eigenvalue weighted by Gasteiger charge is 2.12. The number of benzene rings is 1. The number of carbonyl (C=O) groups excluding carboxylic acids is 1. The van der Waals surface area contributed by atoms with Gasteiger partial charge in [-0.05, 0) is 13.0 Å². The zero-order chi connectivity index (χ0) is 12.8. The van der Waals surface area contributed by atoms with Gasteiger partial charge in [-0.2, -0.15) is 5.10 Å². The van der Waals surface area contributed by atoms with Crippen LogP contribution in [0.1, 0.15) is 6.92 Å². The summed E-state index contributed by atoms with van der Waals surface area (Å²) >= 11 is 0. The molecule has 1 N–H and O–H groups in total. The van der Waals surface area contributed by atoms with E-state index in [0.29, 0.717) is 0 Å². The molecule has 0 aliphatic carbocycles. The minimum Gasteiger partial charge on any atom is -0.464 e. The number of anilines is 1. The van der Waals surface area contributed by atoms with E-state index in [-0.39, 0.29) is 17.1 Å². The molecule has 0 heterocycles. The molecule has 0 bridgehead atoms. The summed E-state index contributed by atoms with van der Waals surface area (Å²) in [5, 5.41) is 14.4. The van der Waals surface area contributed by atoms with Gasteiger partial charge in [0.15, 0.2) is 0 Å². The first-order chi connectivity index (χ1) is 8.06. The molecule has 0 spiro atoms. The highest BCUT2D eigenvalue weighted by atomic mass is 16.6. The van der Waals surface area contributed by atoms with Crippen molar-refractivity contribution in [1.82, 2.24) is 0 Å². The lowest BCUT2D eigenvalue weighted by Gasteiger charge is -2.02. The van der Waals surface area contributed by atoms with Gasteiger partial charge in [0, 0.05) is 6.07 Å². The summed E-state index contributed by atoms with van der Waals surface area (Å²) in [5.74, 6) is -0.601. The molecule has 0 saturated heterocycles. The van der Waals surface area contributed by atoms with Gasteiger partial charge in [0.25, 0.3) is 5.69 Å². The average molecular weight is 237 g/mol. The van der Waals surface area contributed by atoms with Gasteiger partial charge in [-0.3, -0.25) is 15.5 Å². The first-order valence-corrected chi connectivity index (χ1v) is 4.68. The highest BCUT2D eigenvalue weighted by molar-refractivity contribution is 6.35. The number of hydrogen-bond donors (Lipinski definition) is 1. The maximum Gasteiger partial charge on any atom is 0.353 e. The van der Waals surface area contributed by atoms with Gasteiger partial charge >= 0.3 is 5.97 Å². The summed E-state index contributed by atoms with van der Waals surface area (Å²) in [4.78, 5) is 21.2. The highest BCUT2D eigenvalue weighted by Crippen LogP contribution is 2.22. The topological polar surface area (TPSA) is 93.8 Å². The Labute approximate surface area is 97.2 Å². The first-order valence-electron chi connectivity index (χ1n) is 4.68. The molecule has 7 nitrogen and oxygen atoms in total. The van der Waals surface area contributed by atoms with E-state index in [2.05, 4.69) is 15.3 Å². The van der Waals surface area contributed by atoms with Crippen molar-refractivity contribution in [3.63, 3.8) is 0 Å². The Bertz CT molecular complexity index is 470. The van der Waals surface area contributed by atoms with Crippen molar-refractivity contribution in [2.24, 2.45) is 5.10 Å². The Balaban J connectivity index is 2.89. The van der Waals surface area contributed by atoms with E-state index in [1.165, 1.54) is 26.2 Å². The Morgan fingerprint density at radius 1 is 1.47 bits per heavy atom. The van der Waals surface area contributed by atoms with Gasteiger partial charge < -0.3 is 4.74 Å². The predicted molar refractivity (Wildman–Crippen MR) is 61.8 cm³/mol. The van der Waals surface area contributed by atoms with Crippen molar-refractivity contribution in [1.29, 1.82) is 0 Å². The maximum absolute atomic E-state index is 11.0. The molecule has 17 heavy (non-hydrogen) atoms. The Hall–Kier alpha value is -2.44. The normalized spacial score (nSPS) is 10.8. The number of hydrazone groups is 1. The second-order valence-corrected chi connectivity index (χ2v) is 3.07. The van der Waals surface area contributed by atoms with E-state index in [4.69, 9.17) is 0 Å². The van der Waals surface area contributed by atoms with Gasteiger partial charge in [-0.15, -0.1) is 0 Å². The van der Waals surface area contributed by atoms with Crippen LogP contribution in [-0.2, 0) is 9.53 Å². The van der Waals surface area contributed by atoms with Crippen LogP contribution in [0.2, 0.25) is 0 Å². The largest absolute Gasteiger partial charge is 0.464 e. The third-order valence-electron chi connectivity index (χ3n) is 1.93. The summed E-state index contributed by atoms with van der Waals surface area (Å²) in [6.07, 6.45) is 0. The Morgan fingerprint density at radius 3 is 2.71 bits per heavy atom. The van der Waals surface area contributed by atoms with Gasteiger partial charge in [0.2, 0.25) is 0 Å². The fraction of sp³-hybridized carbons (Fsp3) is 0.200. The van der Waals surface area contributed by atoms with E-state index in [1.54, 1.807) is 12.1 Å². The predicted octanol–water partition coefficient (Wildman–Crippen LogP) is 1.56. The number of para-hydroxylation sites is 2. The molecule has 0 unspecified atom stereocenters. The van der Waals surface area contributed by atoms with Crippen molar-refractivity contribution >= 4 is 23.1 Å². The molecule has 90 valence electrons. The summed E-state index contributed by atoms with van der Waals surface area (Å²) < 4.78 is 4.43. The molecule has 0 fully saturated rings. The Kier molecular flexibility index (Phi) is 4.15. The smallest absolute Gasteiger partial charge is 0.353 e. The Morgan fingerprint density at radius 2 is 2.12 bits per heavy atom. The van der Waals surface area contributed by atoms with Crippen LogP contribution in [0.5, 0.6) is 0 Å². The molecule has 0 aliphatic rings. The van der Waals surface area contributed by atoms with Crippen LogP contribution in [0.3, 0.4) is 0 Å². The molecular formula is C10H11N3O4. The number of esters is 1. The minimum atomic E-state index is -0.601. The molecule has 0 amide bonds. The van der Waals surface area contributed by atoms with Gasteiger partial charge in [0.1, 0.15) is 11.4 Å². The van der Waals surface area contributed by atoms with Crippen molar-refractivity contribution in [3.8, 4) is 0 Å². The third-order valence-corrected chi connectivity index (χ3v) is 1.93. The summed E-state index contributed by atoms with van der Waals surface area (Å²) in [5.41, 5.74) is 2.62. The fourth-order valence-corrected chi connectivity index (χ4v) is 1.06. The minimum absolute atomic E-state index is 0.0747. The van der Waals surface area contributed by atoms with Gasteiger partial charge in [-0.1, -0.05) is 12.1 Å². The molecule has 0 aromatic heterocycles. The monoisotopic (exact) mass is 237 g/mol. The maximum atomic E-state index is 11.0. The lowest BCUT2D eigenvalue weighted by Crippen LogP contribution is -2.13. The molecule has 1 aromatic carbocycles. The van der Waals surface area contributed by atoms with Gasteiger partial charge in [-0.25, -0.2) is 4.79 Å². The van der Waals surface area contributed by atoms with Crippen LogP contribution in [0.15, 0.2) is 29.4 Å². The number of methoxy groups -OCH3 is 1. The summed E-state index contributed by atoms with van der Waals surface area (Å²) in [7, 11) is 1.23. The quantitative estimate of drug-likeness (QED) is 0.371. The van der Waals surface area contributed by atoms with Gasteiger partial charge in [0.05, 0.1) is 12.0 Å². The zero-order valence-corrected chi connectivity index (χ0v) is 9.34. The molecule has 0 radical (unpaired) electrons. The standard InChI is InChI=1S/C10H11N3O4/c1-7(10(14)17-2)11-12-8-5-3-4-6-9(8)13(15)16/h3-6,12H,1-2H3/b11-7-. The number of carbonyl (C=O) groups is 1. The molecule has 7 heteroatoms. The second kappa shape index (κ2) is 5.59. The van der Waals surface area contributed by atoms with E-state index in [9.17, 15) is 14.9 Å². The van der Waals surface area contributed by atoms with E-state index >= 15 is 0 Å². The van der Waals surface area contributed by atoms with Crippen LogP contribution < -0.4 is 5.43 Å². The molecular weight excluding hydrogens is 226 g/mol. The number of hydrogen-bond acceptors (Lipinski definition) is 6. The van der Waals surface area contributed by atoms with E-state index < -0.39 is 10.9 Å². The number of nitrogens with zero attached hydrogens (tertiary/aromatic N) is 2. The molecule has 0 aliphatic heterocycles. The van der Waals surface area contributed by atoms with Crippen LogP contribution in [-0.4, -0.2) is 23.7 Å². The lowest BCUT2D eigenvalue weighted by molar-refractivity contribution is -0.384. The SMILES string of the molecule is COC(=O)/C(C)=N\Nc1ccccc1[N+](=O)[O-]. The van der Waals surface area contributed by atoms with Crippen molar-refractivity contribution in [2.75, 3.05) is 12.5 Å². The molecule has 0 saturated carbocycles. The van der Waals surface area contributed by atoms with Crippen LogP contribution in [0, 0.1) is 10.1 Å². The average Bonchev–Trinajstić information content (AvgIpc) is 2.35. The molecule has 0 atom stereocenters. The third kappa shape index (κ3) is 3.26. The number of nitro groups is 1. The van der Waals surface area contributed by atoms with Crippen molar-refractivity contribution < 1.29 is 14.5 Å². The van der Waals surface area contributed by atoms with Crippen LogP contribution in [0.4, 0.5) is 11.4 Å². The first kappa shape index (κ1) is 12.6. The lowest BCUT2D eigenvalue weighted by atomic mass is 10.3. The second-order valence-electron chi connectivity index (χ2n) is 3.07. The fourth-order valence-electron chi connectivity index (χ4n) is 1.06. The number of rotatable bonds is 4. The summed E-state index contributed by atoms with van der Waals surface area (Å²) in [6, 6.07) is 6.00. The van der Waals surface area contributed by atoms with Crippen LogP contribution in [0.25, 0.3) is 0 Å². The van der Waals surface area contributed by atoms with Crippen molar-refractivity contribution in [3.05, 3.63) is 34.4 Å². The number of ether oxygens (including phenoxy) is 1. The van der Waals surface area contributed by atoms with Crippen LogP contribution >= 0.6 is 0 Å². The zero-order valence-electron chi connectivity index (χ0n) is 9.34. The number of nitro benzene ring substituents is 1.